The summed E-state index contributed by atoms with van der Waals surface area (Å²) < 4.78 is 41.0. The van der Waals surface area contributed by atoms with Gasteiger partial charge in [-0.3, -0.25) is 9.89 Å². The second-order valence-electron chi connectivity index (χ2n) is 8.62. The van der Waals surface area contributed by atoms with Gasteiger partial charge in [-0.1, -0.05) is 0 Å². The topological polar surface area (TPSA) is 94.1 Å². The number of H-pyrrole nitrogens is 1. The number of hydrogen-bond acceptors (Lipinski definition) is 5. The number of likely N-dealkylation sites (tertiary alicyclic amines) is 1. The van der Waals surface area contributed by atoms with Crippen LogP contribution in [0.1, 0.15) is 35.3 Å². The molecule has 0 bridgehead atoms. The third-order valence-electron chi connectivity index (χ3n) is 6.58. The van der Waals surface area contributed by atoms with Crippen molar-refractivity contribution in [3.63, 3.8) is 0 Å². The van der Waals surface area contributed by atoms with E-state index in [2.05, 4.69) is 20.5 Å². The molecule has 0 saturated carbocycles. The van der Waals surface area contributed by atoms with Crippen molar-refractivity contribution in [2.75, 3.05) is 26.2 Å². The second kappa shape index (κ2) is 7.47. The molecule has 0 radical (unpaired) electrons. The van der Waals surface area contributed by atoms with Gasteiger partial charge in [-0.15, -0.1) is 0 Å². The quantitative estimate of drug-likeness (QED) is 0.561. The number of aromatic hydroxyl groups is 1. The van der Waals surface area contributed by atoms with Gasteiger partial charge in [0.25, 0.3) is 5.91 Å². The summed E-state index contributed by atoms with van der Waals surface area (Å²) in [7, 11) is 0. The number of phenolic OH excluding ortho intramolecular Hbond substituents is 1. The van der Waals surface area contributed by atoms with Crippen LogP contribution in [0.5, 0.6) is 5.75 Å². The highest BCUT2D eigenvalue weighted by molar-refractivity contribution is 6.07. The number of phenols is 1. The number of pyridine rings is 1. The van der Waals surface area contributed by atoms with Gasteiger partial charge in [0.2, 0.25) is 0 Å². The lowest BCUT2D eigenvalue weighted by Gasteiger charge is -2.33. The maximum Gasteiger partial charge on any atom is 0.435 e. The number of aromatic amines is 1. The molecule has 1 amide bonds. The van der Waals surface area contributed by atoms with E-state index in [1.54, 1.807) is 17.0 Å². The smallest absolute Gasteiger partial charge is 0.435 e. The van der Waals surface area contributed by atoms with Gasteiger partial charge >= 0.3 is 6.18 Å². The van der Waals surface area contributed by atoms with Crippen molar-refractivity contribution < 1.29 is 23.1 Å². The highest BCUT2D eigenvalue weighted by Crippen LogP contribution is 2.41. The molecule has 2 aliphatic heterocycles. The molecule has 7 nitrogen and oxygen atoms in total. The van der Waals surface area contributed by atoms with Crippen molar-refractivity contribution in [2.24, 2.45) is 5.41 Å². The number of nitrogens with one attached hydrogen (secondary N) is 2. The fourth-order valence-corrected chi connectivity index (χ4v) is 4.83. The van der Waals surface area contributed by atoms with Crippen LogP contribution < -0.4 is 5.32 Å². The number of nitrogens with zero attached hydrogens (tertiary/aromatic N) is 3. The molecule has 2 aromatic heterocycles. The minimum Gasteiger partial charge on any atom is -0.508 e. The van der Waals surface area contributed by atoms with Crippen molar-refractivity contribution in [3.8, 4) is 17.0 Å². The lowest BCUT2D eigenvalue weighted by Crippen LogP contribution is -2.39. The highest BCUT2D eigenvalue weighted by atomic mass is 19.4. The molecule has 1 spiro atoms. The van der Waals surface area contributed by atoms with Crippen LogP contribution in [0.25, 0.3) is 22.3 Å². The number of aromatic nitrogens is 3. The first-order valence-corrected chi connectivity index (χ1v) is 10.5. The summed E-state index contributed by atoms with van der Waals surface area (Å²) in [5, 5.41) is 18.3. The summed E-state index contributed by atoms with van der Waals surface area (Å²) in [4.78, 5) is 19.5. The van der Waals surface area contributed by atoms with Crippen LogP contribution >= 0.6 is 0 Å². The molecule has 3 N–H and O–H groups in total. The van der Waals surface area contributed by atoms with Crippen LogP contribution in [0.3, 0.4) is 0 Å². The van der Waals surface area contributed by atoms with Crippen LogP contribution in [0.4, 0.5) is 13.2 Å². The molecule has 2 aliphatic rings. The zero-order chi connectivity index (χ0) is 22.5. The Kier molecular flexibility index (Phi) is 4.85. The average molecular weight is 445 g/mol. The number of amides is 1. The first-order valence-electron chi connectivity index (χ1n) is 10.5. The van der Waals surface area contributed by atoms with Crippen LogP contribution in [-0.2, 0) is 6.18 Å². The van der Waals surface area contributed by atoms with E-state index in [0.717, 1.165) is 32.4 Å². The number of carbonyl (C=O) groups excluding carboxylic acids is 1. The lowest BCUT2D eigenvalue weighted by molar-refractivity contribution is -0.139. The lowest BCUT2D eigenvalue weighted by atomic mass is 9.78. The molecule has 10 heteroatoms. The van der Waals surface area contributed by atoms with Gasteiger partial charge < -0.3 is 15.3 Å². The minimum absolute atomic E-state index is 0.0239. The third kappa shape index (κ3) is 3.58. The minimum atomic E-state index is -4.73. The van der Waals surface area contributed by atoms with E-state index in [-0.39, 0.29) is 27.8 Å². The van der Waals surface area contributed by atoms with Gasteiger partial charge in [-0.25, -0.2) is 4.98 Å². The summed E-state index contributed by atoms with van der Waals surface area (Å²) in [6, 6.07) is 7.50. The van der Waals surface area contributed by atoms with Crippen molar-refractivity contribution in [3.05, 3.63) is 41.6 Å². The number of alkyl halides is 3. The predicted octanol–water partition coefficient (Wildman–Crippen LogP) is 3.57. The predicted molar refractivity (Wildman–Crippen MR) is 111 cm³/mol. The van der Waals surface area contributed by atoms with Crippen molar-refractivity contribution in [1.29, 1.82) is 0 Å². The second-order valence-corrected chi connectivity index (χ2v) is 8.62. The molecule has 2 saturated heterocycles. The summed E-state index contributed by atoms with van der Waals surface area (Å²) in [6.45, 7) is 2.81. The van der Waals surface area contributed by atoms with E-state index in [4.69, 9.17) is 0 Å². The summed E-state index contributed by atoms with van der Waals surface area (Å²) in [6.07, 6.45) is -1.99. The molecular weight excluding hydrogens is 423 g/mol. The maximum atomic E-state index is 13.7. The van der Waals surface area contributed by atoms with Gasteiger partial charge in [0.05, 0.1) is 16.6 Å². The normalized spacial score (nSPS) is 18.5. The number of carbonyl (C=O) groups is 1. The van der Waals surface area contributed by atoms with Crippen molar-refractivity contribution in [2.45, 2.75) is 25.4 Å². The molecule has 32 heavy (non-hydrogen) atoms. The largest absolute Gasteiger partial charge is 0.508 e. The molecule has 3 aromatic rings. The molecule has 5 rings (SSSR count). The molecule has 4 heterocycles. The van der Waals surface area contributed by atoms with Gasteiger partial charge in [-0.2, -0.15) is 18.3 Å². The molecular formula is C22H22F3N5O2. The highest BCUT2D eigenvalue weighted by Gasteiger charge is 2.43. The summed E-state index contributed by atoms with van der Waals surface area (Å²) >= 11 is 0. The maximum absolute atomic E-state index is 13.7. The molecule has 168 valence electrons. The Morgan fingerprint density at radius 2 is 1.84 bits per heavy atom. The Morgan fingerprint density at radius 3 is 2.53 bits per heavy atom. The number of benzene rings is 1. The average Bonchev–Trinajstić information content (AvgIpc) is 3.38. The van der Waals surface area contributed by atoms with Gasteiger partial charge in [0, 0.05) is 18.7 Å². The Balaban J connectivity index is 1.60. The molecule has 1 aromatic carbocycles. The molecule has 0 atom stereocenters. The molecule has 2 fully saturated rings. The van der Waals surface area contributed by atoms with Crippen LogP contribution in [-0.4, -0.2) is 57.3 Å². The first-order chi connectivity index (χ1) is 15.3. The van der Waals surface area contributed by atoms with E-state index in [9.17, 15) is 23.1 Å². The van der Waals surface area contributed by atoms with E-state index in [0.29, 0.717) is 24.3 Å². The number of fused-ring (bicyclic) bond motifs is 1. The third-order valence-corrected chi connectivity index (χ3v) is 6.58. The number of halogens is 3. The number of hydrogen-bond donors (Lipinski definition) is 3. The summed E-state index contributed by atoms with van der Waals surface area (Å²) in [5.41, 5.74) is -0.383. The number of piperidine rings is 1. The van der Waals surface area contributed by atoms with E-state index < -0.39 is 17.8 Å². The van der Waals surface area contributed by atoms with Crippen LogP contribution in [0.2, 0.25) is 0 Å². The van der Waals surface area contributed by atoms with Crippen LogP contribution in [0.15, 0.2) is 30.3 Å². The fourth-order valence-electron chi connectivity index (χ4n) is 4.83. The summed E-state index contributed by atoms with van der Waals surface area (Å²) in [5.74, 6) is -0.393. The zero-order valence-electron chi connectivity index (χ0n) is 17.2. The van der Waals surface area contributed by atoms with Crippen molar-refractivity contribution >= 4 is 16.9 Å². The van der Waals surface area contributed by atoms with Gasteiger partial charge in [-0.05, 0) is 68.1 Å². The first kappa shape index (κ1) is 20.7. The molecule has 0 unspecified atom stereocenters. The van der Waals surface area contributed by atoms with Gasteiger partial charge in [0.1, 0.15) is 5.75 Å². The van der Waals surface area contributed by atoms with Gasteiger partial charge in [0.15, 0.2) is 11.3 Å². The standard InChI is InChI=1S/C22H22F3N5O2/c23-22(24,25)18-17-15(20(32)30-10-7-21(12-30)5-8-26-9-6-21)11-16(27-19(17)29-28-18)13-1-3-14(31)4-2-13/h1-4,11,26,31H,5-10,12H2,(H,27,28,29). The SMILES string of the molecule is O=C(c1cc(-c2ccc(O)cc2)nc2[nH]nc(C(F)(F)F)c12)N1CCC2(CCNCC2)C1. The Labute approximate surface area is 181 Å². The van der Waals surface area contributed by atoms with Crippen LogP contribution in [0, 0.1) is 5.41 Å². The van der Waals surface area contributed by atoms with E-state index in [1.807, 2.05) is 0 Å². The van der Waals surface area contributed by atoms with Crippen molar-refractivity contribution in [1.82, 2.24) is 25.4 Å². The van der Waals surface area contributed by atoms with E-state index >= 15 is 0 Å². The Hall–Kier alpha value is -3.14. The fraction of sp³-hybridized carbons (Fsp3) is 0.409. The monoisotopic (exact) mass is 445 g/mol. The Bertz CT molecular complexity index is 1170. The Morgan fingerprint density at radius 1 is 1.12 bits per heavy atom. The van der Waals surface area contributed by atoms with E-state index in [1.165, 1.54) is 18.2 Å². The molecule has 0 aliphatic carbocycles. The zero-order valence-corrected chi connectivity index (χ0v) is 17.2. The number of rotatable bonds is 2.